The highest BCUT2D eigenvalue weighted by Gasteiger charge is 2.10. The van der Waals surface area contributed by atoms with Gasteiger partial charge in [-0.15, -0.1) is 0 Å². The summed E-state index contributed by atoms with van der Waals surface area (Å²) in [7, 11) is 1.54. The van der Waals surface area contributed by atoms with Crippen LogP contribution in [0.1, 0.15) is 25.3 Å². The third-order valence-corrected chi connectivity index (χ3v) is 4.32. The number of ether oxygens (including phenoxy) is 1. The van der Waals surface area contributed by atoms with Crippen molar-refractivity contribution >= 4 is 34.1 Å². The molecule has 0 bridgehead atoms. The number of aromatic amines is 1. The number of aryl methyl sites for hydroxylation is 1. The summed E-state index contributed by atoms with van der Waals surface area (Å²) in [6.45, 7) is 1.44. The molecule has 0 fully saturated rings. The number of rotatable bonds is 7. The van der Waals surface area contributed by atoms with Crippen LogP contribution in [0.15, 0.2) is 48.7 Å². The number of amides is 2. The molecular formula is C21H23N3O3. The Morgan fingerprint density at radius 1 is 1.11 bits per heavy atom. The molecule has 0 atom stereocenters. The number of benzene rings is 2. The molecule has 0 saturated heterocycles. The van der Waals surface area contributed by atoms with Gasteiger partial charge in [-0.05, 0) is 42.7 Å². The number of methoxy groups -OCH3 is 1. The first kappa shape index (κ1) is 18.5. The van der Waals surface area contributed by atoms with Crippen LogP contribution in [-0.2, 0) is 16.0 Å². The monoisotopic (exact) mass is 365 g/mol. The number of fused-ring (bicyclic) bond motifs is 1. The summed E-state index contributed by atoms with van der Waals surface area (Å²) in [6.07, 6.45) is 3.96. The highest BCUT2D eigenvalue weighted by Crippen LogP contribution is 2.28. The molecule has 0 saturated carbocycles. The minimum atomic E-state index is -0.170. The van der Waals surface area contributed by atoms with Gasteiger partial charge in [0.05, 0.1) is 12.8 Å². The molecule has 140 valence electrons. The van der Waals surface area contributed by atoms with Crippen molar-refractivity contribution in [3.05, 3.63) is 54.2 Å². The van der Waals surface area contributed by atoms with E-state index in [1.54, 1.807) is 25.3 Å². The maximum atomic E-state index is 12.3. The van der Waals surface area contributed by atoms with Crippen molar-refractivity contribution in [2.75, 3.05) is 17.7 Å². The zero-order valence-electron chi connectivity index (χ0n) is 15.5. The van der Waals surface area contributed by atoms with Gasteiger partial charge in [-0.1, -0.05) is 18.2 Å². The third-order valence-electron chi connectivity index (χ3n) is 4.32. The van der Waals surface area contributed by atoms with Crippen molar-refractivity contribution in [3.63, 3.8) is 0 Å². The number of anilines is 2. The first-order valence-electron chi connectivity index (χ1n) is 8.87. The van der Waals surface area contributed by atoms with E-state index in [9.17, 15) is 9.59 Å². The molecule has 2 aromatic carbocycles. The lowest BCUT2D eigenvalue weighted by Gasteiger charge is -2.12. The molecule has 0 radical (unpaired) electrons. The first-order chi connectivity index (χ1) is 13.1. The van der Waals surface area contributed by atoms with Gasteiger partial charge in [-0.2, -0.15) is 0 Å². The summed E-state index contributed by atoms with van der Waals surface area (Å²) >= 11 is 0. The van der Waals surface area contributed by atoms with E-state index in [-0.39, 0.29) is 11.8 Å². The Morgan fingerprint density at radius 2 is 1.93 bits per heavy atom. The zero-order valence-corrected chi connectivity index (χ0v) is 15.5. The molecule has 0 aliphatic rings. The predicted octanol–water partition coefficient (Wildman–Crippen LogP) is 4.10. The van der Waals surface area contributed by atoms with E-state index >= 15 is 0 Å². The van der Waals surface area contributed by atoms with Gasteiger partial charge in [0.15, 0.2) is 0 Å². The molecule has 1 heterocycles. The Labute approximate surface area is 157 Å². The molecular weight excluding hydrogens is 342 g/mol. The van der Waals surface area contributed by atoms with Crippen LogP contribution < -0.4 is 15.4 Å². The van der Waals surface area contributed by atoms with E-state index < -0.39 is 0 Å². The van der Waals surface area contributed by atoms with E-state index in [0.717, 1.165) is 18.4 Å². The fourth-order valence-electron chi connectivity index (χ4n) is 3.08. The summed E-state index contributed by atoms with van der Waals surface area (Å²) < 4.78 is 5.29. The lowest BCUT2D eigenvalue weighted by Crippen LogP contribution is -2.13. The van der Waals surface area contributed by atoms with Crippen LogP contribution in [0.3, 0.4) is 0 Å². The molecule has 27 heavy (non-hydrogen) atoms. The predicted molar refractivity (Wildman–Crippen MR) is 107 cm³/mol. The Hall–Kier alpha value is -3.28. The van der Waals surface area contributed by atoms with Gasteiger partial charge in [-0.3, -0.25) is 9.59 Å². The topological polar surface area (TPSA) is 83.2 Å². The minimum Gasteiger partial charge on any atom is -0.495 e. The average molecular weight is 365 g/mol. The zero-order chi connectivity index (χ0) is 19.2. The van der Waals surface area contributed by atoms with Crippen LogP contribution >= 0.6 is 0 Å². The van der Waals surface area contributed by atoms with Crippen LogP contribution in [0, 0.1) is 0 Å². The summed E-state index contributed by atoms with van der Waals surface area (Å²) in [6, 6.07) is 13.3. The largest absolute Gasteiger partial charge is 0.495 e. The summed E-state index contributed by atoms with van der Waals surface area (Å²) in [4.78, 5) is 26.8. The number of aromatic nitrogens is 1. The molecule has 0 aliphatic carbocycles. The van der Waals surface area contributed by atoms with Crippen LogP contribution in [0.25, 0.3) is 10.9 Å². The summed E-state index contributed by atoms with van der Waals surface area (Å²) in [5.41, 5.74) is 3.47. The lowest BCUT2D eigenvalue weighted by atomic mass is 10.1. The maximum Gasteiger partial charge on any atom is 0.224 e. The lowest BCUT2D eigenvalue weighted by molar-refractivity contribution is -0.116. The molecule has 0 spiro atoms. The van der Waals surface area contributed by atoms with Gasteiger partial charge in [0, 0.05) is 36.1 Å². The Balaban J connectivity index is 1.59. The fraction of sp³-hybridized carbons (Fsp3) is 0.238. The molecule has 2 amide bonds. The Morgan fingerprint density at radius 3 is 2.70 bits per heavy atom. The van der Waals surface area contributed by atoms with Crippen molar-refractivity contribution in [3.8, 4) is 5.75 Å². The molecule has 6 nitrogen and oxygen atoms in total. The molecule has 3 N–H and O–H groups in total. The molecule has 0 unspecified atom stereocenters. The van der Waals surface area contributed by atoms with E-state index in [1.165, 1.54) is 17.9 Å². The minimum absolute atomic E-state index is 0.0897. The average Bonchev–Trinajstić information content (AvgIpc) is 3.05. The van der Waals surface area contributed by atoms with Crippen molar-refractivity contribution in [1.82, 2.24) is 4.98 Å². The van der Waals surface area contributed by atoms with Gasteiger partial charge in [-0.25, -0.2) is 0 Å². The summed E-state index contributed by atoms with van der Waals surface area (Å²) in [5.74, 6) is 0.290. The van der Waals surface area contributed by atoms with Crippen LogP contribution in [0.2, 0.25) is 0 Å². The fourth-order valence-corrected chi connectivity index (χ4v) is 3.08. The van der Waals surface area contributed by atoms with E-state index in [1.807, 2.05) is 24.4 Å². The number of para-hydroxylation sites is 1. The van der Waals surface area contributed by atoms with E-state index in [0.29, 0.717) is 23.5 Å². The summed E-state index contributed by atoms with van der Waals surface area (Å²) in [5, 5.41) is 6.77. The van der Waals surface area contributed by atoms with Crippen molar-refractivity contribution in [1.29, 1.82) is 0 Å². The number of H-pyrrole nitrogens is 1. The first-order valence-corrected chi connectivity index (χ1v) is 8.87. The second-order valence-corrected chi connectivity index (χ2v) is 6.36. The maximum absolute atomic E-state index is 12.3. The number of hydrogen-bond acceptors (Lipinski definition) is 3. The number of hydrogen-bond donors (Lipinski definition) is 3. The quantitative estimate of drug-likeness (QED) is 0.589. The molecule has 3 aromatic rings. The molecule has 3 rings (SSSR count). The normalized spacial score (nSPS) is 10.6. The highest BCUT2D eigenvalue weighted by molar-refractivity contribution is 5.95. The third kappa shape index (κ3) is 4.67. The van der Waals surface area contributed by atoms with Crippen molar-refractivity contribution < 1.29 is 14.3 Å². The number of nitrogens with one attached hydrogen (secondary N) is 3. The SMILES string of the molecule is COc1ccc(NC(C)=O)cc1NC(=O)CCCc1c[nH]c2ccccc12. The van der Waals surface area contributed by atoms with Gasteiger partial charge in [0.1, 0.15) is 5.75 Å². The van der Waals surface area contributed by atoms with Crippen LogP contribution in [0.5, 0.6) is 5.75 Å². The van der Waals surface area contributed by atoms with E-state index in [2.05, 4.69) is 21.7 Å². The van der Waals surface area contributed by atoms with Crippen molar-refractivity contribution in [2.24, 2.45) is 0 Å². The van der Waals surface area contributed by atoms with Gasteiger partial charge in [0.25, 0.3) is 0 Å². The second-order valence-electron chi connectivity index (χ2n) is 6.36. The smallest absolute Gasteiger partial charge is 0.224 e. The van der Waals surface area contributed by atoms with Crippen LogP contribution in [0.4, 0.5) is 11.4 Å². The Kier molecular flexibility index (Phi) is 5.76. The van der Waals surface area contributed by atoms with Crippen LogP contribution in [-0.4, -0.2) is 23.9 Å². The van der Waals surface area contributed by atoms with E-state index in [4.69, 9.17) is 4.74 Å². The van der Waals surface area contributed by atoms with Gasteiger partial charge in [0.2, 0.25) is 11.8 Å². The number of carbonyl (C=O) groups excluding carboxylic acids is 2. The number of carbonyl (C=O) groups is 2. The van der Waals surface area contributed by atoms with Gasteiger partial charge >= 0.3 is 0 Å². The highest BCUT2D eigenvalue weighted by atomic mass is 16.5. The second kappa shape index (κ2) is 8.40. The standard InChI is InChI=1S/C21H23N3O3/c1-14(25)23-16-10-11-20(27-2)19(12-16)24-21(26)9-5-6-15-13-22-18-8-4-3-7-17(15)18/h3-4,7-8,10-13,22H,5-6,9H2,1-2H3,(H,23,25)(H,24,26). The van der Waals surface area contributed by atoms with Crippen molar-refractivity contribution in [2.45, 2.75) is 26.2 Å². The molecule has 0 aliphatic heterocycles. The molecule has 1 aromatic heterocycles. The van der Waals surface area contributed by atoms with Gasteiger partial charge < -0.3 is 20.4 Å². The molecule has 6 heteroatoms. The Bertz CT molecular complexity index is 962.